The number of halogens is 1. The highest BCUT2D eigenvalue weighted by Gasteiger charge is 2.33. The number of methoxy groups -OCH3 is 1. The van der Waals surface area contributed by atoms with Gasteiger partial charge >= 0.3 is 0 Å². The molecule has 0 radical (unpaired) electrons. The molecule has 0 aliphatic carbocycles. The van der Waals surface area contributed by atoms with Gasteiger partial charge in [-0.2, -0.15) is 9.29 Å². The first kappa shape index (κ1) is 19.9. The molecule has 2 heterocycles. The minimum absolute atomic E-state index is 0.155. The summed E-state index contributed by atoms with van der Waals surface area (Å²) >= 11 is 5.88. The highest BCUT2D eigenvalue weighted by Crippen LogP contribution is 2.31. The zero-order valence-electron chi connectivity index (χ0n) is 15.8. The molecule has 0 spiro atoms. The van der Waals surface area contributed by atoms with Gasteiger partial charge in [0, 0.05) is 23.7 Å². The lowest BCUT2D eigenvalue weighted by Crippen LogP contribution is -2.39. The monoisotopic (exact) mass is 433 g/mol. The zero-order chi connectivity index (χ0) is 20.4. The lowest BCUT2D eigenvalue weighted by molar-refractivity contribution is 0.265. The Bertz CT molecular complexity index is 1100. The van der Waals surface area contributed by atoms with Crippen molar-refractivity contribution in [3.8, 4) is 17.1 Å². The first-order valence-electron chi connectivity index (χ1n) is 9.21. The number of sulfonamides is 1. The van der Waals surface area contributed by atoms with Gasteiger partial charge in [-0.1, -0.05) is 28.9 Å². The van der Waals surface area contributed by atoms with Crippen LogP contribution in [0.25, 0.3) is 11.4 Å². The fraction of sp³-hybridized carbons (Fsp3) is 0.300. The molecule has 2 aromatic carbocycles. The van der Waals surface area contributed by atoms with E-state index in [1.807, 2.05) is 24.3 Å². The van der Waals surface area contributed by atoms with Gasteiger partial charge in [-0.3, -0.25) is 0 Å². The average molecular weight is 434 g/mol. The first-order chi connectivity index (χ1) is 14.0. The van der Waals surface area contributed by atoms with Crippen molar-refractivity contribution in [3.63, 3.8) is 0 Å². The second-order valence-electron chi connectivity index (χ2n) is 6.84. The summed E-state index contributed by atoms with van der Waals surface area (Å²) < 4.78 is 38.1. The van der Waals surface area contributed by atoms with E-state index < -0.39 is 10.0 Å². The van der Waals surface area contributed by atoms with Gasteiger partial charge in [-0.25, -0.2) is 8.42 Å². The second-order valence-corrected chi connectivity index (χ2v) is 9.22. The second kappa shape index (κ2) is 8.14. The zero-order valence-corrected chi connectivity index (χ0v) is 17.4. The van der Waals surface area contributed by atoms with E-state index in [0.717, 1.165) is 12.0 Å². The third-order valence-corrected chi connectivity index (χ3v) is 7.09. The van der Waals surface area contributed by atoms with Crippen LogP contribution in [0.1, 0.15) is 24.7 Å². The van der Waals surface area contributed by atoms with Crippen LogP contribution in [0.3, 0.4) is 0 Å². The minimum atomic E-state index is -3.61. The third kappa shape index (κ3) is 4.14. The van der Waals surface area contributed by atoms with Crippen LogP contribution in [0.5, 0.6) is 5.75 Å². The summed E-state index contributed by atoms with van der Waals surface area (Å²) in [6.07, 6.45) is 1.50. The van der Waals surface area contributed by atoms with E-state index in [1.165, 1.54) is 16.4 Å². The van der Waals surface area contributed by atoms with Gasteiger partial charge < -0.3 is 9.26 Å². The van der Waals surface area contributed by atoms with Crippen molar-refractivity contribution >= 4 is 21.6 Å². The van der Waals surface area contributed by atoms with Gasteiger partial charge in [-0.15, -0.1) is 0 Å². The number of nitrogens with zero attached hydrogens (tertiary/aromatic N) is 3. The molecule has 1 fully saturated rings. The van der Waals surface area contributed by atoms with Crippen molar-refractivity contribution in [2.75, 3.05) is 20.2 Å². The third-order valence-electron chi connectivity index (χ3n) is 4.95. The van der Waals surface area contributed by atoms with Crippen LogP contribution in [0.4, 0.5) is 0 Å². The molecule has 1 aliphatic rings. The number of piperidine rings is 1. The summed E-state index contributed by atoms with van der Waals surface area (Å²) in [5, 5.41) is 4.56. The molecule has 9 heteroatoms. The molecule has 1 aliphatic heterocycles. The number of benzene rings is 2. The fourth-order valence-electron chi connectivity index (χ4n) is 3.40. The molecule has 3 aromatic rings. The Balaban J connectivity index is 1.54. The fourth-order valence-corrected chi connectivity index (χ4v) is 5.05. The maximum absolute atomic E-state index is 13.0. The molecule has 1 aromatic heterocycles. The highest BCUT2D eigenvalue weighted by molar-refractivity contribution is 7.89. The van der Waals surface area contributed by atoms with Crippen LogP contribution in [0.2, 0.25) is 5.02 Å². The Hall–Kier alpha value is -2.42. The number of ether oxygens (including phenoxy) is 1. The van der Waals surface area contributed by atoms with E-state index in [1.54, 1.807) is 19.2 Å². The van der Waals surface area contributed by atoms with E-state index in [-0.39, 0.29) is 10.8 Å². The molecule has 0 bridgehead atoms. The SMILES string of the molecule is COc1cccc(-c2noc([C@@H]3CCCN(S(=O)(=O)c4ccc(Cl)cc4)C3)n2)c1. The molecular weight excluding hydrogens is 414 g/mol. The Kier molecular flexibility index (Phi) is 5.58. The predicted octanol–water partition coefficient (Wildman–Crippen LogP) is 3.97. The standard InChI is InChI=1S/C20H20ClN3O4S/c1-27-17-6-2-4-14(12-17)19-22-20(28-23-19)15-5-3-11-24(13-15)29(25,26)18-9-7-16(21)8-10-18/h2,4,6-10,12,15H,3,5,11,13H2,1H3/t15-/m1/s1. The lowest BCUT2D eigenvalue weighted by Gasteiger charge is -2.30. The first-order valence-corrected chi connectivity index (χ1v) is 11.0. The number of rotatable bonds is 5. The van der Waals surface area contributed by atoms with Gasteiger partial charge in [0.2, 0.25) is 21.7 Å². The van der Waals surface area contributed by atoms with Gasteiger partial charge in [0.1, 0.15) is 5.75 Å². The van der Waals surface area contributed by atoms with Crippen molar-refractivity contribution in [1.82, 2.24) is 14.4 Å². The predicted molar refractivity (Wildman–Crippen MR) is 108 cm³/mol. The molecule has 0 amide bonds. The summed E-state index contributed by atoms with van der Waals surface area (Å²) in [6, 6.07) is 13.6. The smallest absolute Gasteiger partial charge is 0.243 e. The Morgan fingerprint density at radius 1 is 1.21 bits per heavy atom. The van der Waals surface area contributed by atoms with Crippen molar-refractivity contribution in [1.29, 1.82) is 0 Å². The van der Waals surface area contributed by atoms with Gasteiger partial charge in [-0.05, 0) is 49.2 Å². The van der Waals surface area contributed by atoms with Crippen molar-refractivity contribution in [2.45, 2.75) is 23.7 Å². The summed E-state index contributed by atoms with van der Waals surface area (Å²) in [7, 11) is -2.01. The molecule has 4 rings (SSSR count). The van der Waals surface area contributed by atoms with E-state index in [4.69, 9.17) is 20.9 Å². The highest BCUT2D eigenvalue weighted by atomic mass is 35.5. The number of hydrogen-bond acceptors (Lipinski definition) is 6. The number of hydrogen-bond donors (Lipinski definition) is 0. The van der Waals surface area contributed by atoms with Crippen molar-refractivity contribution in [3.05, 3.63) is 59.4 Å². The molecule has 1 atom stereocenters. The maximum Gasteiger partial charge on any atom is 0.243 e. The Morgan fingerprint density at radius 3 is 2.76 bits per heavy atom. The lowest BCUT2D eigenvalue weighted by atomic mass is 10.00. The summed E-state index contributed by atoms with van der Waals surface area (Å²) in [6.45, 7) is 0.753. The molecule has 0 N–H and O–H groups in total. The number of aromatic nitrogens is 2. The van der Waals surface area contributed by atoms with E-state index in [0.29, 0.717) is 42.0 Å². The van der Waals surface area contributed by atoms with Crippen LogP contribution in [-0.2, 0) is 10.0 Å². The molecule has 7 nitrogen and oxygen atoms in total. The van der Waals surface area contributed by atoms with Crippen LogP contribution >= 0.6 is 11.6 Å². The average Bonchev–Trinajstić information content (AvgIpc) is 3.25. The Labute approximate surface area is 174 Å². The minimum Gasteiger partial charge on any atom is -0.497 e. The maximum atomic E-state index is 13.0. The molecule has 152 valence electrons. The topological polar surface area (TPSA) is 85.5 Å². The largest absolute Gasteiger partial charge is 0.497 e. The molecule has 0 unspecified atom stereocenters. The molecule has 0 saturated carbocycles. The summed E-state index contributed by atoms with van der Waals surface area (Å²) in [5.41, 5.74) is 0.779. The van der Waals surface area contributed by atoms with Crippen LogP contribution in [0.15, 0.2) is 57.9 Å². The van der Waals surface area contributed by atoms with E-state index in [9.17, 15) is 8.42 Å². The van der Waals surface area contributed by atoms with E-state index in [2.05, 4.69) is 10.1 Å². The molecule has 29 heavy (non-hydrogen) atoms. The quantitative estimate of drug-likeness (QED) is 0.605. The summed E-state index contributed by atoms with van der Waals surface area (Å²) in [4.78, 5) is 4.74. The van der Waals surface area contributed by atoms with Crippen LogP contribution < -0.4 is 4.74 Å². The molecular formula is C20H20ClN3O4S. The van der Waals surface area contributed by atoms with Crippen molar-refractivity contribution < 1.29 is 17.7 Å². The van der Waals surface area contributed by atoms with Crippen LogP contribution in [-0.4, -0.2) is 43.1 Å². The summed E-state index contributed by atoms with van der Waals surface area (Å²) in [5.74, 6) is 1.44. The van der Waals surface area contributed by atoms with Gasteiger partial charge in [0.25, 0.3) is 0 Å². The van der Waals surface area contributed by atoms with Crippen LogP contribution in [0, 0.1) is 0 Å². The van der Waals surface area contributed by atoms with Gasteiger partial charge in [0.15, 0.2) is 0 Å². The van der Waals surface area contributed by atoms with Crippen molar-refractivity contribution in [2.24, 2.45) is 0 Å². The van der Waals surface area contributed by atoms with Gasteiger partial charge in [0.05, 0.1) is 17.9 Å². The Morgan fingerprint density at radius 2 is 2.00 bits per heavy atom. The van der Waals surface area contributed by atoms with E-state index >= 15 is 0 Å². The normalized spacial score (nSPS) is 17.9. The molecule has 1 saturated heterocycles.